The largest absolute Gasteiger partial charge is 0.399 e. The molecule has 0 aromatic heterocycles. The predicted octanol–water partition coefficient (Wildman–Crippen LogP) is 3.98. The first kappa shape index (κ1) is 13.9. The molecule has 1 heterocycles. The average Bonchev–Trinajstić information content (AvgIpc) is 3.19. The topological polar surface area (TPSA) is 41.6 Å². The van der Waals surface area contributed by atoms with Crippen LogP contribution in [0.3, 0.4) is 0 Å². The summed E-state index contributed by atoms with van der Waals surface area (Å²) < 4.78 is 0. The van der Waals surface area contributed by atoms with Crippen molar-refractivity contribution in [2.24, 2.45) is 17.8 Å². The zero-order chi connectivity index (χ0) is 14.3. The van der Waals surface area contributed by atoms with Crippen LogP contribution in [0, 0.1) is 17.8 Å². The molecule has 20 heavy (non-hydrogen) atoms. The Labute approximate surface area is 122 Å². The summed E-state index contributed by atoms with van der Waals surface area (Å²) in [6.45, 7) is 7.05. The Bertz CT molecular complexity index is 457. The zero-order valence-corrected chi connectivity index (χ0v) is 12.8. The number of nitrogens with two attached hydrogens (primary N) is 1. The summed E-state index contributed by atoms with van der Waals surface area (Å²) in [4.78, 5) is 5.90. The van der Waals surface area contributed by atoms with Crippen LogP contribution in [-0.4, -0.2) is 11.1 Å². The molecular formula is C17H26N2O. The third kappa shape index (κ3) is 2.70. The molecule has 3 heteroatoms. The van der Waals surface area contributed by atoms with Crippen molar-refractivity contribution in [1.82, 2.24) is 5.06 Å². The Hall–Kier alpha value is -1.06. The lowest BCUT2D eigenvalue weighted by Gasteiger charge is -2.37. The molecule has 0 amide bonds. The first-order chi connectivity index (χ1) is 9.56. The van der Waals surface area contributed by atoms with Gasteiger partial charge in [-0.25, -0.2) is 0 Å². The lowest BCUT2D eigenvalue weighted by atomic mass is 9.74. The highest BCUT2D eigenvalue weighted by Crippen LogP contribution is 2.47. The molecule has 0 bridgehead atoms. The summed E-state index contributed by atoms with van der Waals surface area (Å²) in [5.41, 5.74) is 7.78. The quantitative estimate of drug-likeness (QED) is 0.669. The van der Waals surface area contributed by atoms with Crippen molar-refractivity contribution in [3.63, 3.8) is 0 Å². The van der Waals surface area contributed by atoms with E-state index in [9.17, 15) is 0 Å². The van der Waals surface area contributed by atoms with Crippen LogP contribution >= 0.6 is 0 Å². The fraction of sp³-hybridized carbons (Fsp3) is 0.647. The SMILES string of the molecule is CC1CCC(C(C)C)C(N2OC2c2ccc(N)cc2)C1. The second kappa shape index (κ2) is 5.38. The second-order valence-electron chi connectivity index (χ2n) is 6.88. The molecule has 2 fully saturated rings. The predicted molar refractivity (Wildman–Crippen MR) is 81.7 cm³/mol. The lowest BCUT2D eigenvalue weighted by molar-refractivity contribution is 0.0435. The molecule has 5 atom stereocenters. The Balaban J connectivity index is 1.71. The molecule has 5 unspecified atom stereocenters. The number of rotatable bonds is 3. The number of hydrogen-bond acceptors (Lipinski definition) is 3. The molecule has 1 aliphatic heterocycles. The third-order valence-corrected chi connectivity index (χ3v) is 4.94. The van der Waals surface area contributed by atoms with Gasteiger partial charge in [-0.15, -0.1) is 5.06 Å². The highest BCUT2D eigenvalue weighted by molar-refractivity contribution is 5.40. The van der Waals surface area contributed by atoms with E-state index >= 15 is 0 Å². The monoisotopic (exact) mass is 274 g/mol. The van der Waals surface area contributed by atoms with Crippen LogP contribution in [0.2, 0.25) is 0 Å². The van der Waals surface area contributed by atoms with Gasteiger partial charge in [0.2, 0.25) is 0 Å². The standard InChI is InChI=1S/C17H26N2O/c1-11(2)15-9-4-12(3)10-16(15)19-17(20-19)13-5-7-14(18)8-6-13/h5-8,11-12,15-17H,4,9-10,18H2,1-3H3. The van der Waals surface area contributed by atoms with E-state index in [0.29, 0.717) is 6.04 Å². The molecule has 1 saturated carbocycles. The molecule has 1 aromatic carbocycles. The van der Waals surface area contributed by atoms with Crippen LogP contribution < -0.4 is 5.73 Å². The van der Waals surface area contributed by atoms with Gasteiger partial charge in [-0.3, -0.25) is 4.84 Å². The fourth-order valence-electron chi connectivity index (χ4n) is 3.65. The van der Waals surface area contributed by atoms with E-state index in [0.717, 1.165) is 23.4 Å². The summed E-state index contributed by atoms with van der Waals surface area (Å²) in [6, 6.07) is 8.64. The van der Waals surface area contributed by atoms with Crippen LogP contribution in [0.15, 0.2) is 24.3 Å². The smallest absolute Gasteiger partial charge is 0.180 e. The van der Waals surface area contributed by atoms with Gasteiger partial charge in [0, 0.05) is 11.7 Å². The van der Waals surface area contributed by atoms with Gasteiger partial charge in [0.1, 0.15) is 0 Å². The van der Waals surface area contributed by atoms with Crippen molar-refractivity contribution in [2.45, 2.75) is 52.3 Å². The summed E-state index contributed by atoms with van der Waals surface area (Å²) >= 11 is 0. The molecule has 1 aromatic rings. The minimum atomic E-state index is 0.146. The molecule has 2 aliphatic rings. The number of nitrogens with zero attached hydrogens (tertiary/aromatic N) is 1. The maximum atomic E-state index is 5.90. The first-order valence-corrected chi connectivity index (χ1v) is 7.87. The van der Waals surface area contributed by atoms with Crippen molar-refractivity contribution >= 4 is 5.69 Å². The van der Waals surface area contributed by atoms with Crippen molar-refractivity contribution in [3.8, 4) is 0 Å². The van der Waals surface area contributed by atoms with Gasteiger partial charge in [0.15, 0.2) is 6.23 Å². The Morgan fingerprint density at radius 2 is 1.90 bits per heavy atom. The van der Waals surface area contributed by atoms with E-state index in [-0.39, 0.29) is 6.23 Å². The van der Waals surface area contributed by atoms with Crippen LogP contribution in [0.25, 0.3) is 0 Å². The van der Waals surface area contributed by atoms with Crippen LogP contribution in [-0.2, 0) is 4.84 Å². The van der Waals surface area contributed by atoms with Gasteiger partial charge in [-0.2, -0.15) is 0 Å². The Morgan fingerprint density at radius 1 is 1.20 bits per heavy atom. The number of anilines is 1. The zero-order valence-electron chi connectivity index (χ0n) is 12.8. The van der Waals surface area contributed by atoms with E-state index in [2.05, 4.69) is 38.0 Å². The molecular weight excluding hydrogens is 248 g/mol. The van der Waals surface area contributed by atoms with E-state index in [1.54, 1.807) is 0 Å². The van der Waals surface area contributed by atoms with Crippen LogP contribution in [0.5, 0.6) is 0 Å². The van der Waals surface area contributed by atoms with Gasteiger partial charge in [-0.05, 0) is 48.3 Å². The maximum absolute atomic E-state index is 5.90. The van der Waals surface area contributed by atoms with Gasteiger partial charge in [0.05, 0.1) is 0 Å². The van der Waals surface area contributed by atoms with E-state index < -0.39 is 0 Å². The van der Waals surface area contributed by atoms with Crippen molar-refractivity contribution in [1.29, 1.82) is 0 Å². The molecule has 0 spiro atoms. The molecule has 3 rings (SSSR count). The van der Waals surface area contributed by atoms with Crippen LogP contribution in [0.4, 0.5) is 5.69 Å². The van der Waals surface area contributed by atoms with Crippen molar-refractivity contribution in [2.75, 3.05) is 5.73 Å². The van der Waals surface area contributed by atoms with Crippen molar-refractivity contribution < 1.29 is 4.84 Å². The van der Waals surface area contributed by atoms with E-state index in [4.69, 9.17) is 10.6 Å². The summed E-state index contributed by atoms with van der Waals surface area (Å²) in [6.07, 6.45) is 4.10. The molecule has 0 radical (unpaired) electrons. The first-order valence-electron chi connectivity index (χ1n) is 7.87. The highest BCUT2D eigenvalue weighted by Gasteiger charge is 2.48. The Morgan fingerprint density at radius 3 is 2.55 bits per heavy atom. The molecule has 3 nitrogen and oxygen atoms in total. The normalized spacial score (nSPS) is 37.1. The van der Waals surface area contributed by atoms with E-state index in [1.807, 2.05) is 12.1 Å². The van der Waals surface area contributed by atoms with Gasteiger partial charge in [-0.1, -0.05) is 39.3 Å². The summed E-state index contributed by atoms with van der Waals surface area (Å²) in [5.74, 6) is 2.29. The van der Waals surface area contributed by atoms with Gasteiger partial charge >= 0.3 is 0 Å². The molecule has 1 saturated heterocycles. The van der Waals surface area contributed by atoms with Gasteiger partial charge < -0.3 is 5.73 Å². The number of hydrogen-bond donors (Lipinski definition) is 1. The molecule has 2 N–H and O–H groups in total. The lowest BCUT2D eigenvalue weighted by Crippen LogP contribution is -2.37. The van der Waals surface area contributed by atoms with E-state index in [1.165, 1.54) is 24.8 Å². The molecule has 110 valence electrons. The number of benzene rings is 1. The summed E-state index contributed by atoms with van der Waals surface area (Å²) in [5, 5.41) is 2.23. The van der Waals surface area contributed by atoms with Gasteiger partial charge in [0.25, 0.3) is 0 Å². The minimum Gasteiger partial charge on any atom is -0.399 e. The minimum absolute atomic E-state index is 0.146. The second-order valence-corrected chi connectivity index (χ2v) is 6.88. The average molecular weight is 274 g/mol. The number of nitrogen functional groups attached to an aromatic ring is 1. The highest BCUT2D eigenvalue weighted by atomic mass is 16.8. The van der Waals surface area contributed by atoms with Crippen LogP contribution in [0.1, 0.15) is 51.8 Å². The van der Waals surface area contributed by atoms with Crippen molar-refractivity contribution in [3.05, 3.63) is 29.8 Å². The molecule has 1 aliphatic carbocycles. The maximum Gasteiger partial charge on any atom is 0.180 e. The fourth-order valence-corrected chi connectivity index (χ4v) is 3.65. The third-order valence-electron chi connectivity index (χ3n) is 4.94. The summed E-state index contributed by atoms with van der Waals surface area (Å²) in [7, 11) is 0. The number of hydroxylamine groups is 2. The Kier molecular flexibility index (Phi) is 3.74.